The van der Waals surface area contributed by atoms with Gasteiger partial charge in [-0.15, -0.1) is 0 Å². The smallest absolute Gasteiger partial charge is 0.326 e. The lowest BCUT2D eigenvalue weighted by Crippen LogP contribution is -2.46. The summed E-state index contributed by atoms with van der Waals surface area (Å²) in [4.78, 5) is 22.8. The van der Waals surface area contributed by atoms with Crippen LogP contribution in [0.3, 0.4) is 0 Å². The summed E-state index contributed by atoms with van der Waals surface area (Å²) in [6.45, 7) is 3.65. The minimum Gasteiger partial charge on any atom is -0.480 e. The zero-order valence-corrected chi connectivity index (χ0v) is 11.6. The van der Waals surface area contributed by atoms with Gasteiger partial charge in [-0.25, -0.2) is 9.59 Å². The van der Waals surface area contributed by atoms with Crippen molar-refractivity contribution in [3.63, 3.8) is 0 Å². The van der Waals surface area contributed by atoms with Crippen molar-refractivity contribution in [3.05, 3.63) is 29.3 Å². The van der Waals surface area contributed by atoms with E-state index >= 15 is 0 Å². The lowest BCUT2D eigenvalue weighted by molar-refractivity contribution is -0.140. The Kier molecular flexibility index (Phi) is 5.63. The number of carbonyl (C=O) groups is 2. The summed E-state index contributed by atoms with van der Waals surface area (Å²) in [5.41, 5.74) is 0.512. The SMILES string of the molecule is CC[C@@H](C)[C@@H](NC(=O)Nc1cccc(Cl)c1)C(=O)O. The second-order valence-corrected chi connectivity index (χ2v) is 4.75. The van der Waals surface area contributed by atoms with Gasteiger partial charge in [-0.1, -0.05) is 37.9 Å². The third-order valence-corrected chi connectivity index (χ3v) is 3.08. The lowest BCUT2D eigenvalue weighted by atomic mass is 9.99. The van der Waals surface area contributed by atoms with Gasteiger partial charge in [0.15, 0.2) is 0 Å². The normalized spacial score (nSPS) is 13.4. The second kappa shape index (κ2) is 6.99. The van der Waals surface area contributed by atoms with Crippen molar-refractivity contribution in [3.8, 4) is 0 Å². The Morgan fingerprint density at radius 1 is 1.42 bits per heavy atom. The Morgan fingerprint density at radius 2 is 2.11 bits per heavy atom. The van der Waals surface area contributed by atoms with Crippen LogP contribution in [0.25, 0.3) is 0 Å². The Morgan fingerprint density at radius 3 is 2.63 bits per heavy atom. The average Bonchev–Trinajstić information content (AvgIpc) is 2.34. The van der Waals surface area contributed by atoms with Gasteiger partial charge in [-0.2, -0.15) is 0 Å². The Hall–Kier alpha value is -1.75. The van der Waals surface area contributed by atoms with Gasteiger partial charge < -0.3 is 15.7 Å². The fourth-order valence-electron chi connectivity index (χ4n) is 1.56. The van der Waals surface area contributed by atoms with Crippen molar-refractivity contribution in [1.29, 1.82) is 0 Å². The van der Waals surface area contributed by atoms with Gasteiger partial charge in [0.2, 0.25) is 0 Å². The quantitative estimate of drug-likeness (QED) is 0.778. The summed E-state index contributed by atoms with van der Waals surface area (Å²) in [5, 5.41) is 14.6. The van der Waals surface area contributed by atoms with Crippen LogP contribution in [-0.4, -0.2) is 23.1 Å². The molecule has 0 bridgehead atoms. The van der Waals surface area contributed by atoms with E-state index in [-0.39, 0.29) is 5.92 Å². The minimum absolute atomic E-state index is 0.150. The fraction of sp³-hybridized carbons (Fsp3) is 0.385. The largest absolute Gasteiger partial charge is 0.480 e. The highest BCUT2D eigenvalue weighted by Crippen LogP contribution is 2.15. The third kappa shape index (κ3) is 4.79. The van der Waals surface area contributed by atoms with Crippen molar-refractivity contribution >= 4 is 29.3 Å². The number of hydrogen-bond donors (Lipinski definition) is 3. The summed E-state index contributed by atoms with van der Waals surface area (Å²) in [7, 11) is 0. The summed E-state index contributed by atoms with van der Waals surface area (Å²) >= 11 is 5.79. The molecule has 6 heteroatoms. The molecule has 0 unspecified atom stereocenters. The van der Waals surface area contributed by atoms with Gasteiger partial charge in [0.25, 0.3) is 0 Å². The first-order chi connectivity index (χ1) is 8.93. The van der Waals surface area contributed by atoms with Gasteiger partial charge in [-0.3, -0.25) is 0 Å². The van der Waals surface area contributed by atoms with Crippen LogP contribution in [0, 0.1) is 5.92 Å². The maximum Gasteiger partial charge on any atom is 0.326 e. The van der Waals surface area contributed by atoms with E-state index in [9.17, 15) is 9.59 Å². The maximum absolute atomic E-state index is 11.7. The van der Waals surface area contributed by atoms with Crippen LogP contribution in [0.4, 0.5) is 10.5 Å². The molecule has 0 aliphatic carbocycles. The third-order valence-electron chi connectivity index (χ3n) is 2.85. The zero-order chi connectivity index (χ0) is 14.4. The van der Waals surface area contributed by atoms with Crippen molar-refractivity contribution < 1.29 is 14.7 Å². The molecular weight excluding hydrogens is 268 g/mol. The fourth-order valence-corrected chi connectivity index (χ4v) is 1.75. The van der Waals surface area contributed by atoms with E-state index in [4.69, 9.17) is 16.7 Å². The van der Waals surface area contributed by atoms with Crippen LogP contribution in [-0.2, 0) is 4.79 Å². The number of halogens is 1. The molecule has 0 saturated carbocycles. The number of amides is 2. The Labute approximate surface area is 117 Å². The first-order valence-electron chi connectivity index (χ1n) is 6.00. The van der Waals surface area contributed by atoms with E-state index in [1.54, 1.807) is 31.2 Å². The van der Waals surface area contributed by atoms with E-state index in [1.165, 1.54) is 0 Å². The molecular formula is C13H17ClN2O3. The molecule has 2 atom stereocenters. The molecule has 0 spiro atoms. The number of urea groups is 1. The van der Waals surface area contributed by atoms with Crippen LogP contribution in [0.15, 0.2) is 24.3 Å². The number of rotatable bonds is 5. The molecule has 5 nitrogen and oxygen atoms in total. The summed E-state index contributed by atoms with van der Waals surface area (Å²) in [6, 6.07) is 5.16. The Bertz CT molecular complexity index is 465. The molecule has 19 heavy (non-hydrogen) atoms. The van der Waals surface area contributed by atoms with Gasteiger partial charge >= 0.3 is 12.0 Å². The molecule has 0 aromatic heterocycles. The number of hydrogen-bond acceptors (Lipinski definition) is 2. The van der Waals surface area contributed by atoms with E-state index in [1.807, 2.05) is 6.92 Å². The predicted molar refractivity (Wildman–Crippen MR) is 74.5 cm³/mol. The molecule has 104 valence electrons. The highest BCUT2D eigenvalue weighted by Gasteiger charge is 2.25. The van der Waals surface area contributed by atoms with Crippen molar-refractivity contribution in [2.45, 2.75) is 26.3 Å². The first kappa shape index (κ1) is 15.3. The van der Waals surface area contributed by atoms with Crippen LogP contribution < -0.4 is 10.6 Å². The molecule has 1 rings (SSSR count). The highest BCUT2D eigenvalue weighted by atomic mass is 35.5. The molecule has 0 aliphatic rings. The standard InChI is InChI=1S/C13H17ClN2O3/c1-3-8(2)11(12(17)18)16-13(19)15-10-6-4-5-9(14)7-10/h4-8,11H,3H2,1-2H3,(H,17,18)(H2,15,16,19)/t8-,11-/m1/s1. The van der Waals surface area contributed by atoms with E-state index in [0.717, 1.165) is 0 Å². The van der Waals surface area contributed by atoms with Crippen molar-refractivity contribution in [2.24, 2.45) is 5.92 Å². The number of carboxylic acids is 1. The van der Waals surface area contributed by atoms with E-state index in [0.29, 0.717) is 17.1 Å². The predicted octanol–water partition coefficient (Wildman–Crippen LogP) is 2.96. The molecule has 2 amide bonds. The number of carbonyl (C=O) groups excluding carboxylic acids is 1. The zero-order valence-electron chi connectivity index (χ0n) is 10.8. The lowest BCUT2D eigenvalue weighted by Gasteiger charge is -2.20. The average molecular weight is 285 g/mol. The number of carboxylic acid groups (broad SMARTS) is 1. The summed E-state index contributed by atoms with van der Waals surface area (Å²) < 4.78 is 0. The molecule has 0 radical (unpaired) electrons. The van der Waals surface area contributed by atoms with Gasteiger partial charge in [0.1, 0.15) is 6.04 Å². The molecule has 1 aromatic rings. The maximum atomic E-state index is 11.7. The van der Waals surface area contributed by atoms with Gasteiger partial charge in [0.05, 0.1) is 0 Å². The molecule has 1 aromatic carbocycles. The van der Waals surface area contributed by atoms with E-state index in [2.05, 4.69) is 10.6 Å². The number of anilines is 1. The van der Waals surface area contributed by atoms with Crippen LogP contribution in [0.1, 0.15) is 20.3 Å². The van der Waals surface area contributed by atoms with Crippen LogP contribution in [0.2, 0.25) is 5.02 Å². The molecule has 0 fully saturated rings. The van der Waals surface area contributed by atoms with Gasteiger partial charge in [0, 0.05) is 10.7 Å². The number of aliphatic carboxylic acids is 1. The topological polar surface area (TPSA) is 78.4 Å². The van der Waals surface area contributed by atoms with Crippen molar-refractivity contribution in [1.82, 2.24) is 5.32 Å². The number of benzene rings is 1. The van der Waals surface area contributed by atoms with Crippen LogP contribution in [0.5, 0.6) is 0 Å². The summed E-state index contributed by atoms with van der Waals surface area (Å²) in [5.74, 6) is -1.20. The van der Waals surface area contributed by atoms with Crippen molar-refractivity contribution in [2.75, 3.05) is 5.32 Å². The minimum atomic E-state index is -1.05. The van der Waals surface area contributed by atoms with Gasteiger partial charge in [-0.05, 0) is 24.1 Å². The molecule has 0 heterocycles. The first-order valence-corrected chi connectivity index (χ1v) is 6.37. The molecule has 0 aliphatic heterocycles. The second-order valence-electron chi connectivity index (χ2n) is 4.31. The number of nitrogens with one attached hydrogen (secondary N) is 2. The molecule has 0 saturated heterocycles. The summed E-state index contributed by atoms with van der Waals surface area (Å²) in [6.07, 6.45) is 0.661. The van der Waals surface area contributed by atoms with E-state index < -0.39 is 18.0 Å². The molecule has 3 N–H and O–H groups in total. The van der Waals surface area contributed by atoms with Crippen LogP contribution >= 0.6 is 11.6 Å². The Balaban J connectivity index is 2.65. The highest BCUT2D eigenvalue weighted by molar-refractivity contribution is 6.30. The monoisotopic (exact) mass is 284 g/mol.